The van der Waals surface area contributed by atoms with Crippen molar-refractivity contribution in [3.8, 4) is 0 Å². The van der Waals surface area contributed by atoms with Gasteiger partial charge in [0.1, 0.15) is 12.1 Å². The third-order valence-corrected chi connectivity index (χ3v) is 4.42. The van der Waals surface area contributed by atoms with Gasteiger partial charge in [0.25, 0.3) is 0 Å². The molecule has 2 heterocycles. The first-order valence-electron chi connectivity index (χ1n) is 7.38. The predicted molar refractivity (Wildman–Crippen MR) is 83.5 cm³/mol. The second-order valence-corrected chi connectivity index (χ2v) is 6.14. The van der Waals surface area contributed by atoms with Crippen molar-refractivity contribution in [3.05, 3.63) is 52.6 Å². The topological polar surface area (TPSA) is 58.4 Å². The summed E-state index contributed by atoms with van der Waals surface area (Å²) in [4.78, 5) is 14.3. The van der Waals surface area contributed by atoms with Crippen molar-refractivity contribution in [1.29, 1.82) is 0 Å². The summed E-state index contributed by atoms with van der Waals surface area (Å²) >= 11 is 5.75. The molecule has 0 aliphatic carbocycles. The lowest BCUT2D eigenvalue weighted by atomic mass is 10.00. The maximum absolute atomic E-state index is 13.7. The summed E-state index contributed by atoms with van der Waals surface area (Å²) < 4.78 is 18.5. The molecule has 1 aliphatic heterocycles. The highest BCUT2D eigenvalue weighted by molar-refractivity contribution is 6.30. The van der Waals surface area contributed by atoms with Crippen LogP contribution >= 0.6 is 11.6 Å². The van der Waals surface area contributed by atoms with E-state index in [1.54, 1.807) is 18.2 Å². The Morgan fingerprint density at radius 2 is 2.35 bits per heavy atom. The van der Waals surface area contributed by atoms with Crippen LogP contribution in [0.25, 0.3) is 0 Å². The Kier molecular flexibility index (Phi) is 4.63. The van der Waals surface area contributed by atoms with E-state index in [2.05, 4.69) is 15.4 Å². The minimum atomic E-state index is -0.447. The van der Waals surface area contributed by atoms with Crippen molar-refractivity contribution in [2.75, 3.05) is 13.6 Å². The number of benzene rings is 1. The standard InChI is InChI=1S/C16H17ClFN3O2/c1-21-6-4-14(19-15(22)9-11-5-7-23-20-11)16(21)10-2-3-12(17)13(18)8-10/h2-3,5,7-8,14,16H,4,6,9H2,1H3,(H,19,22)/t14-,16-/m1/s1. The number of rotatable bonds is 4. The molecule has 0 saturated carbocycles. The lowest BCUT2D eigenvalue weighted by molar-refractivity contribution is -0.121. The molecule has 1 aromatic heterocycles. The Balaban J connectivity index is 1.73. The van der Waals surface area contributed by atoms with Gasteiger partial charge < -0.3 is 9.84 Å². The number of amides is 1. The van der Waals surface area contributed by atoms with Crippen LogP contribution in [0.4, 0.5) is 4.39 Å². The molecule has 122 valence electrons. The van der Waals surface area contributed by atoms with Gasteiger partial charge in [-0.25, -0.2) is 4.39 Å². The Morgan fingerprint density at radius 1 is 1.52 bits per heavy atom. The number of hydrogen-bond acceptors (Lipinski definition) is 4. The maximum Gasteiger partial charge on any atom is 0.226 e. The zero-order chi connectivity index (χ0) is 16.4. The van der Waals surface area contributed by atoms with Crippen LogP contribution in [-0.4, -0.2) is 35.6 Å². The monoisotopic (exact) mass is 337 g/mol. The molecule has 5 nitrogen and oxygen atoms in total. The molecule has 0 unspecified atom stereocenters. The van der Waals surface area contributed by atoms with Crippen LogP contribution in [0, 0.1) is 5.82 Å². The average Bonchev–Trinajstić information content (AvgIpc) is 3.12. The van der Waals surface area contributed by atoms with E-state index in [0.717, 1.165) is 18.5 Å². The van der Waals surface area contributed by atoms with Gasteiger partial charge >= 0.3 is 0 Å². The number of carbonyl (C=O) groups is 1. The van der Waals surface area contributed by atoms with Gasteiger partial charge in [-0.15, -0.1) is 0 Å². The zero-order valence-corrected chi connectivity index (χ0v) is 13.4. The summed E-state index contributed by atoms with van der Waals surface area (Å²) in [5, 5.41) is 6.84. The first kappa shape index (κ1) is 16.0. The Labute approximate surface area is 138 Å². The van der Waals surface area contributed by atoms with E-state index in [1.165, 1.54) is 12.3 Å². The molecular formula is C16H17ClFN3O2. The molecule has 1 aliphatic rings. The van der Waals surface area contributed by atoms with E-state index in [-0.39, 0.29) is 29.4 Å². The number of likely N-dealkylation sites (tertiary alicyclic amines) is 1. The highest BCUT2D eigenvalue weighted by Crippen LogP contribution is 2.32. The molecule has 7 heteroatoms. The van der Waals surface area contributed by atoms with Gasteiger partial charge in [0, 0.05) is 18.7 Å². The van der Waals surface area contributed by atoms with Gasteiger partial charge in [-0.3, -0.25) is 9.69 Å². The minimum absolute atomic E-state index is 0.0805. The van der Waals surface area contributed by atoms with Crippen LogP contribution in [0.1, 0.15) is 23.7 Å². The number of halogens is 2. The number of hydrogen-bond donors (Lipinski definition) is 1. The fraction of sp³-hybridized carbons (Fsp3) is 0.375. The van der Waals surface area contributed by atoms with Crippen molar-refractivity contribution in [2.24, 2.45) is 0 Å². The molecule has 2 aromatic rings. The second kappa shape index (κ2) is 6.68. The maximum atomic E-state index is 13.7. The highest BCUT2D eigenvalue weighted by Gasteiger charge is 2.34. The number of nitrogens with one attached hydrogen (secondary N) is 1. The van der Waals surface area contributed by atoms with Crippen molar-refractivity contribution in [2.45, 2.75) is 24.9 Å². The molecule has 0 radical (unpaired) electrons. The summed E-state index contributed by atoms with van der Waals surface area (Å²) in [5.41, 5.74) is 1.39. The molecule has 1 saturated heterocycles. The summed E-state index contributed by atoms with van der Waals surface area (Å²) in [5.74, 6) is -0.573. The molecule has 1 fully saturated rings. The number of likely N-dealkylation sites (N-methyl/N-ethyl adjacent to an activating group) is 1. The molecule has 1 amide bonds. The smallest absolute Gasteiger partial charge is 0.226 e. The average molecular weight is 338 g/mol. The van der Waals surface area contributed by atoms with E-state index in [4.69, 9.17) is 16.1 Å². The molecular weight excluding hydrogens is 321 g/mol. The van der Waals surface area contributed by atoms with Crippen molar-refractivity contribution < 1.29 is 13.7 Å². The van der Waals surface area contributed by atoms with Crippen molar-refractivity contribution in [3.63, 3.8) is 0 Å². The van der Waals surface area contributed by atoms with E-state index >= 15 is 0 Å². The van der Waals surface area contributed by atoms with Gasteiger partial charge in [0.05, 0.1) is 23.2 Å². The fourth-order valence-corrected chi connectivity index (χ4v) is 3.15. The molecule has 0 bridgehead atoms. The minimum Gasteiger partial charge on any atom is -0.364 e. The van der Waals surface area contributed by atoms with E-state index in [9.17, 15) is 9.18 Å². The number of carbonyl (C=O) groups excluding carboxylic acids is 1. The second-order valence-electron chi connectivity index (χ2n) is 5.73. The molecule has 2 atom stereocenters. The van der Waals surface area contributed by atoms with Crippen LogP contribution < -0.4 is 5.32 Å². The lowest BCUT2D eigenvalue weighted by Crippen LogP contribution is -2.39. The first-order chi connectivity index (χ1) is 11.0. The lowest BCUT2D eigenvalue weighted by Gasteiger charge is -2.26. The molecule has 0 spiro atoms. The summed E-state index contributed by atoms with van der Waals surface area (Å²) in [7, 11) is 1.96. The van der Waals surface area contributed by atoms with Crippen molar-refractivity contribution in [1.82, 2.24) is 15.4 Å². The van der Waals surface area contributed by atoms with Crippen LogP contribution in [0.3, 0.4) is 0 Å². The fourth-order valence-electron chi connectivity index (χ4n) is 3.03. The van der Waals surface area contributed by atoms with E-state index in [0.29, 0.717) is 5.69 Å². The largest absolute Gasteiger partial charge is 0.364 e. The number of aromatic nitrogens is 1. The highest BCUT2D eigenvalue weighted by atomic mass is 35.5. The SMILES string of the molecule is CN1CC[C@@H](NC(=O)Cc2ccon2)[C@H]1c1ccc(Cl)c(F)c1. The third kappa shape index (κ3) is 3.54. The van der Waals surface area contributed by atoms with Crippen molar-refractivity contribution >= 4 is 17.5 Å². The Morgan fingerprint density at radius 3 is 3.04 bits per heavy atom. The first-order valence-corrected chi connectivity index (χ1v) is 7.76. The van der Waals surface area contributed by atoms with Gasteiger partial charge in [-0.05, 0) is 31.2 Å². The van der Waals surface area contributed by atoms with Crippen LogP contribution in [0.2, 0.25) is 5.02 Å². The van der Waals surface area contributed by atoms with Crippen LogP contribution in [0.5, 0.6) is 0 Å². The molecule has 1 N–H and O–H groups in total. The Hall–Kier alpha value is -1.92. The third-order valence-electron chi connectivity index (χ3n) is 4.11. The van der Waals surface area contributed by atoms with Gasteiger partial charge in [-0.1, -0.05) is 22.8 Å². The van der Waals surface area contributed by atoms with Gasteiger partial charge in [0.15, 0.2) is 0 Å². The molecule has 23 heavy (non-hydrogen) atoms. The quantitative estimate of drug-likeness (QED) is 0.931. The van der Waals surface area contributed by atoms with Crippen LogP contribution in [0.15, 0.2) is 35.1 Å². The van der Waals surface area contributed by atoms with Crippen LogP contribution in [-0.2, 0) is 11.2 Å². The van der Waals surface area contributed by atoms with Gasteiger partial charge in [0.2, 0.25) is 5.91 Å². The zero-order valence-electron chi connectivity index (χ0n) is 12.6. The Bertz CT molecular complexity index is 693. The summed E-state index contributed by atoms with van der Waals surface area (Å²) in [6.07, 6.45) is 2.40. The van der Waals surface area contributed by atoms with E-state index in [1.807, 2.05) is 7.05 Å². The molecule has 1 aromatic carbocycles. The molecule has 3 rings (SSSR count). The summed E-state index contributed by atoms with van der Waals surface area (Å²) in [6.45, 7) is 0.823. The normalized spacial score (nSPS) is 21.5. The predicted octanol–water partition coefficient (Wildman–Crippen LogP) is 2.57. The van der Waals surface area contributed by atoms with E-state index < -0.39 is 5.82 Å². The van der Waals surface area contributed by atoms with Gasteiger partial charge in [-0.2, -0.15) is 0 Å². The summed E-state index contributed by atoms with van der Waals surface area (Å²) in [6, 6.07) is 6.28. The number of nitrogens with zero attached hydrogens (tertiary/aromatic N) is 2.